The topological polar surface area (TPSA) is 99.2 Å². The zero-order valence-electron chi connectivity index (χ0n) is 12.0. The Hall–Kier alpha value is -2.85. The molecule has 0 radical (unpaired) electrons. The Balaban J connectivity index is 2.07. The van der Waals surface area contributed by atoms with Crippen molar-refractivity contribution < 1.29 is 32.2 Å². The molecule has 0 amide bonds. The van der Waals surface area contributed by atoms with Crippen LogP contribution in [0, 0.1) is 6.92 Å². The van der Waals surface area contributed by atoms with Gasteiger partial charge in [-0.3, -0.25) is 0 Å². The Morgan fingerprint density at radius 2 is 1.91 bits per heavy atom. The van der Waals surface area contributed by atoms with Gasteiger partial charge in [0, 0.05) is 17.7 Å². The molecular weight excluding hydrogens is 321 g/mol. The van der Waals surface area contributed by atoms with Crippen LogP contribution in [0.1, 0.15) is 18.2 Å². The molecule has 0 saturated carbocycles. The number of hydrogen-bond acceptors (Lipinski definition) is 7. The van der Waals surface area contributed by atoms with E-state index in [1.807, 2.05) is 0 Å². The summed E-state index contributed by atoms with van der Waals surface area (Å²) in [7, 11) is 0. The van der Waals surface area contributed by atoms with E-state index in [-0.39, 0.29) is 29.8 Å². The van der Waals surface area contributed by atoms with Crippen molar-refractivity contribution in [1.82, 2.24) is 20.4 Å². The van der Waals surface area contributed by atoms with Crippen LogP contribution < -0.4 is 9.47 Å². The first-order valence-electron chi connectivity index (χ1n) is 6.29. The summed E-state index contributed by atoms with van der Waals surface area (Å²) >= 11 is 0. The molecule has 11 heteroatoms. The molecule has 0 aliphatic heterocycles. The van der Waals surface area contributed by atoms with Gasteiger partial charge in [0.1, 0.15) is 0 Å². The maximum atomic E-state index is 12.6. The normalized spacial score (nSPS) is 11.2. The first-order chi connectivity index (χ1) is 10.8. The van der Waals surface area contributed by atoms with Crippen LogP contribution in [0.3, 0.4) is 0 Å². The molecule has 2 heterocycles. The van der Waals surface area contributed by atoms with E-state index in [1.54, 1.807) is 6.92 Å². The molecular formula is C12H11F3N4O4. The second kappa shape index (κ2) is 6.50. The maximum Gasteiger partial charge on any atom is 0.515 e. The van der Waals surface area contributed by atoms with E-state index in [2.05, 4.69) is 29.9 Å². The van der Waals surface area contributed by atoms with Crippen LogP contribution in [0.25, 0.3) is 0 Å². The van der Waals surface area contributed by atoms with Crippen molar-refractivity contribution in [2.75, 3.05) is 6.61 Å². The number of H-pyrrole nitrogens is 1. The Morgan fingerprint density at radius 1 is 1.26 bits per heavy atom. The summed E-state index contributed by atoms with van der Waals surface area (Å²) in [6.45, 7) is 2.94. The van der Waals surface area contributed by atoms with Gasteiger partial charge in [-0.2, -0.15) is 18.3 Å². The molecule has 2 rings (SSSR count). The van der Waals surface area contributed by atoms with Gasteiger partial charge >= 0.3 is 12.3 Å². The highest BCUT2D eigenvalue weighted by Gasteiger charge is 2.37. The SMILES string of the molecule is CCOC(=O)Oc1ccc(Oc2[nH]nc(C(F)(F)F)c2C)nn1. The number of ether oxygens (including phenoxy) is 3. The van der Waals surface area contributed by atoms with E-state index in [0.29, 0.717) is 0 Å². The molecule has 0 fully saturated rings. The number of halogens is 3. The van der Waals surface area contributed by atoms with Gasteiger partial charge in [0.25, 0.3) is 0 Å². The number of rotatable bonds is 4. The minimum atomic E-state index is -4.59. The largest absolute Gasteiger partial charge is 0.515 e. The summed E-state index contributed by atoms with van der Waals surface area (Å²) in [5, 5.41) is 12.4. The smallest absolute Gasteiger partial charge is 0.434 e. The van der Waals surface area contributed by atoms with Crippen LogP contribution in [0.15, 0.2) is 12.1 Å². The standard InChI is InChI=1S/C12H11F3N4O4/c1-3-21-11(20)23-8-5-4-7(16-17-8)22-10-6(2)9(18-19-10)12(13,14)15/h4-5H,3H2,1-2H3,(H,18,19). The maximum absolute atomic E-state index is 12.6. The number of hydrogen-bond donors (Lipinski definition) is 1. The molecule has 8 nitrogen and oxygen atoms in total. The number of alkyl halides is 3. The van der Waals surface area contributed by atoms with Gasteiger partial charge in [-0.1, -0.05) is 0 Å². The van der Waals surface area contributed by atoms with Gasteiger partial charge in [0.05, 0.1) is 6.61 Å². The van der Waals surface area contributed by atoms with Crippen molar-refractivity contribution in [2.24, 2.45) is 0 Å². The van der Waals surface area contributed by atoms with Gasteiger partial charge in [0.2, 0.25) is 17.6 Å². The Morgan fingerprint density at radius 3 is 2.43 bits per heavy atom. The fourth-order valence-electron chi connectivity index (χ4n) is 1.51. The number of aromatic amines is 1. The lowest BCUT2D eigenvalue weighted by Crippen LogP contribution is -2.11. The predicted octanol–water partition coefficient (Wildman–Crippen LogP) is 2.85. The fourth-order valence-corrected chi connectivity index (χ4v) is 1.51. The molecule has 0 spiro atoms. The van der Waals surface area contributed by atoms with Crippen molar-refractivity contribution >= 4 is 6.16 Å². The summed E-state index contributed by atoms with van der Waals surface area (Å²) in [5.74, 6) is -0.472. The van der Waals surface area contributed by atoms with Gasteiger partial charge < -0.3 is 14.2 Å². The van der Waals surface area contributed by atoms with Crippen molar-refractivity contribution in [3.8, 4) is 17.6 Å². The molecule has 0 saturated heterocycles. The minimum absolute atomic E-state index is 0.110. The third kappa shape index (κ3) is 4.08. The van der Waals surface area contributed by atoms with E-state index in [4.69, 9.17) is 4.74 Å². The predicted molar refractivity (Wildman–Crippen MR) is 68.1 cm³/mol. The van der Waals surface area contributed by atoms with E-state index in [0.717, 1.165) is 0 Å². The Labute approximate surface area is 127 Å². The van der Waals surface area contributed by atoms with Crippen molar-refractivity contribution in [3.63, 3.8) is 0 Å². The molecule has 0 aliphatic rings. The zero-order chi connectivity index (χ0) is 17.0. The lowest BCUT2D eigenvalue weighted by molar-refractivity contribution is -0.141. The molecule has 0 bridgehead atoms. The first-order valence-corrected chi connectivity index (χ1v) is 6.29. The van der Waals surface area contributed by atoms with Crippen molar-refractivity contribution in [2.45, 2.75) is 20.0 Å². The number of carbonyl (C=O) groups excluding carboxylic acids is 1. The molecule has 2 aromatic heterocycles. The Bertz CT molecular complexity index is 685. The average Bonchev–Trinajstić information content (AvgIpc) is 2.82. The third-order valence-corrected chi connectivity index (χ3v) is 2.51. The van der Waals surface area contributed by atoms with Crippen LogP contribution >= 0.6 is 0 Å². The summed E-state index contributed by atoms with van der Waals surface area (Å²) in [6, 6.07) is 2.50. The zero-order valence-corrected chi connectivity index (χ0v) is 12.0. The third-order valence-electron chi connectivity index (χ3n) is 2.51. The second-order valence-electron chi connectivity index (χ2n) is 4.12. The average molecular weight is 332 g/mol. The first kappa shape index (κ1) is 16.5. The van der Waals surface area contributed by atoms with Gasteiger partial charge in [-0.25, -0.2) is 9.89 Å². The summed E-state index contributed by atoms with van der Waals surface area (Å²) in [4.78, 5) is 11.1. The second-order valence-corrected chi connectivity index (χ2v) is 4.12. The van der Waals surface area contributed by atoms with Crippen LogP contribution in [0.2, 0.25) is 0 Å². The van der Waals surface area contributed by atoms with E-state index < -0.39 is 18.0 Å². The quantitative estimate of drug-likeness (QED) is 0.859. The molecule has 23 heavy (non-hydrogen) atoms. The highest BCUT2D eigenvalue weighted by atomic mass is 19.4. The van der Waals surface area contributed by atoms with Crippen molar-refractivity contribution in [1.29, 1.82) is 0 Å². The minimum Gasteiger partial charge on any atom is -0.434 e. The molecule has 0 aliphatic carbocycles. The van der Waals surface area contributed by atoms with E-state index >= 15 is 0 Å². The number of aromatic nitrogens is 4. The highest BCUT2D eigenvalue weighted by Crippen LogP contribution is 2.34. The molecule has 1 N–H and O–H groups in total. The molecule has 0 atom stereocenters. The van der Waals surface area contributed by atoms with Gasteiger partial charge in [0.15, 0.2) is 5.69 Å². The van der Waals surface area contributed by atoms with Gasteiger partial charge in [-0.15, -0.1) is 10.2 Å². The number of nitrogens with zero attached hydrogens (tertiary/aromatic N) is 3. The van der Waals surface area contributed by atoms with E-state index in [1.165, 1.54) is 19.1 Å². The monoisotopic (exact) mass is 332 g/mol. The van der Waals surface area contributed by atoms with E-state index in [9.17, 15) is 18.0 Å². The Kier molecular flexibility index (Phi) is 4.67. The molecule has 0 aromatic carbocycles. The number of carbonyl (C=O) groups is 1. The summed E-state index contributed by atoms with van der Waals surface area (Å²) in [5.41, 5.74) is -1.30. The summed E-state index contributed by atoms with van der Waals surface area (Å²) in [6.07, 6.45) is -5.54. The molecule has 2 aromatic rings. The van der Waals surface area contributed by atoms with Crippen LogP contribution in [-0.2, 0) is 10.9 Å². The van der Waals surface area contributed by atoms with Crippen LogP contribution in [0.4, 0.5) is 18.0 Å². The lowest BCUT2D eigenvalue weighted by atomic mass is 10.2. The highest BCUT2D eigenvalue weighted by molar-refractivity contribution is 5.62. The number of nitrogens with one attached hydrogen (secondary N) is 1. The van der Waals surface area contributed by atoms with Crippen molar-refractivity contribution in [3.05, 3.63) is 23.4 Å². The molecule has 0 unspecified atom stereocenters. The fraction of sp³-hybridized carbons (Fsp3) is 0.333. The molecule has 124 valence electrons. The van der Waals surface area contributed by atoms with Crippen LogP contribution in [-0.4, -0.2) is 33.2 Å². The van der Waals surface area contributed by atoms with Crippen LogP contribution in [0.5, 0.6) is 17.6 Å². The summed E-state index contributed by atoms with van der Waals surface area (Å²) < 4.78 is 52.2. The lowest BCUT2D eigenvalue weighted by Gasteiger charge is -2.05. The van der Waals surface area contributed by atoms with Gasteiger partial charge in [-0.05, 0) is 13.8 Å².